The van der Waals surface area contributed by atoms with Gasteiger partial charge in [-0.15, -0.1) is 0 Å². The van der Waals surface area contributed by atoms with Crippen molar-refractivity contribution in [3.05, 3.63) is 154 Å². The standard InChI is InChI=1S/C21H25.C13H10.C6H7.2ClH.Zr/c1-20(2,3)16-7-9-18-14(12-16)11-15-13-17(21(4,5)6)8-10-19(15)18;1-3-7-12(8-4-1)11-13-9-5-2-6-10-13;1-6-4-2-3-5-6;;;/h7-13H,1-6H3;1-10H;2-5H,1H3;2*1H;/q;;;;;+2/p-2. The molecule has 0 saturated carbocycles. The van der Waals surface area contributed by atoms with Gasteiger partial charge in [-0.25, -0.2) is 0 Å². The predicted molar refractivity (Wildman–Crippen MR) is 186 cm³/mol. The van der Waals surface area contributed by atoms with Gasteiger partial charge < -0.3 is 0 Å². The third kappa shape index (κ3) is 5.15. The van der Waals surface area contributed by atoms with Crippen LogP contribution in [0.15, 0.2) is 121 Å². The Hall–Kier alpha value is -2.31. The molecule has 0 amide bonds. The molecule has 0 N–H and O–H groups in total. The second kappa shape index (κ2) is 10.7. The summed E-state index contributed by atoms with van der Waals surface area (Å²) < 4.78 is 0.935. The van der Waals surface area contributed by atoms with E-state index >= 15 is 0 Å². The van der Waals surface area contributed by atoms with Crippen LogP contribution in [-0.4, -0.2) is 3.21 Å². The van der Waals surface area contributed by atoms with Crippen LogP contribution in [0.4, 0.5) is 0 Å². The molecule has 0 nitrogen and oxygen atoms in total. The van der Waals surface area contributed by atoms with Crippen LogP contribution in [0, 0.1) is 0 Å². The van der Waals surface area contributed by atoms with Gasteiger partial charge >= 0.3 is 268 Å². The maximum atomic E-state index is 8.74. The van der Waals surface area contributed by atoms with Crippen LogP contribution >= 0.6 is 17.0 Å². The van der Waals surface area contributed by atoms with E-state index in [4.69, 9.17) is 17.0 Å². The van der Waals surface area contributed by atoms with E-state index in [0.717, 1.165) is 14.3 Å². The molecule has 0 heterocycles. The first-order valence-electron chi connectivity index (χ1n) is 15.4. The first kappa shape index (κ1) is 30.7. The molecule has 1 atom stereocenters. The zero-order chi connectivity index (χ0) is 30.8. The minimum atomic E-state index is -5.37. The molecule has 4 aromatic carbocycles. The quantitative estimate of drug-likeness (QED) is 0.201. The Balaban J connectivity index is 1.85. The first-order valence-corrected chi connectivity index (χ1v) is 25.8. The van der Waals surface area contributed by atoms with Gasteiger partial charge in [0.05, 0.1) is 0 Å². The number of hydrogen-bond acceptors (Lipinski definition) is 0. The number of allylic oxidation sites excluding steroid dienone is 4. The topological polar surface area (TPSA) is 0 Å². The molecule has 0 bridgehead atoms. The van der Waals surface area contributed by atoms with E-state index in [0.29, 0.717) is 0 Å². The molecule has 2 aliphatic carbocycles. The van der Waals surface area contributed by atoms with E-state index in [2.05, 4.69) is 164 Å². The van der Waals surface area contributed by atoms with Crippen molar-refractivity contribution in [3.63, 3.8) is 0 Å². The van der Waals surface area contributed by atoms with Crippen molar-refractivity contribution in [2.24, 2.45) is 0 Å². The average Bonchev–Trinajstić information content (AvgIpc) is 3.55. The summed E-state index contributed by atoms with van der Waals surface area (Å²) in [5.74, 6) is 0. The van der Waals surface area contributed by atoms with Gasteiger partial charge in [0.25, 0.3) is 0 Å². The molecule has 220 valence electrons. The van der Waals surface area contributed by atoms with Crippen LogP contribution in [0.1, 0.15) is 85.5 Å². The average molecular weight is 685 g/mol. The molecular weight excluding hydrogens is 643 g/mol. The van der Waals surface area contributed by atoms with E-state index in [9.17, 15) is 0 Å². The van der Waals surface area contributed by atoms with Crippen molar-refractivity contribution in [1.82, 2.24) is 0 Å². The number of hydrogen-bond donors (Lipinski definition) is 0. The summed E-state index contributed by atoms with van der Waals surface area (Å²) in [6.07, 6.45) is 6.85. The van der Waals surface area contributed by atoms with Gasteiger partial charge in [-0.1, -0.05) is 0 Å². The Kier molecular flexibility index (Phi) is 7.61. The van der Waals surface area contributed by atoms with E-state index in [1.54, 1.807) is 0 Å². The van der Waals surface area contributed by atoms with Crippen molar-refractivity contribution in [1.29, 1.82) is 0 Å². The zero-order valence-electron chi connectivity index (χ0n) is 26.4. The van der Waals surface area contributed by atoms with Crippen molar-refractivity contribution < 1.29 is 15.9 Å². The summed E-state index contributed by atoms with van der Waals surface area (Å²) in [4.78, 5) is 0. The zero-order valence-corrected chi connectivity index (χ0v) is 30.4. The Bertz CT molecular complexity index is 1730. The van der Waals surface area contributed by atoms with Crippen LogP contribution < -0.4 is 0 Å². The maximum absolute atomic E-state index is 8.74. The fourth-order valence-corrected chi connectivity index (χ4v) is 26.6. The first-order chi connectivity index (χ1) is 20.2. The van der Waals surface area contributed by atoms with Gasteiger partial charge in [-0.05, 0) is 0 Å². The number of fused-ring (bicyclic) bond motifs is 3. The van der Waals surface area contributed by atoms with E-state index in [-0.39, 0.29) is 18.1 Å². The van der Waals surface area contributed by atoms with Crippen LogP contribution in [0.3, 0.4) is 0 Å². The third-order valence-electron chi connectivity index (χ3n) is 9.50. The second-order valence-corrected chi connectivity index (χ2v) is 35.3. The Labute approximate surface area is 266 Å². The molecule has 0 fully saturated rings. The molecule has 2 aliphatic rings. The van der Waals surface area contributed by atoms with Gasteiger partial charge in [0.15, 0.2) is 0 Å². The van der Waals surface area contributed by atoms with E-state index in [1.807, 2.05) is 0 Å². The SMILES string of the molecule is CC1=C[CH]([Zr]([Cl])([Cl])(=[C](c2ccccc2)c2ccccc2)[CH]2c3cc(C(C)(C)C)ccc3-c3ccc(C(C)(C)C)cc32)C=C1. The summed E-state index contributed by atoms with van der Waals surface area (Å²) in [6, 6.07) is 35.5. The van der Waals surface area contributed by atoms with Crippen LogP contribution in [-0.2, 0) is 26.7 Å². The minimum absolute atomic E-state index is 0.00991. The van der Waals surface area contributed by atoms with Gasteiger partial charge in [-0.3, -0.25) is 0 Å². The second-order valence-electron chi connectivity index (χ2n) is 14.6. The predicted octanol–water partition coefficient (Wildman–Crippen LogP) is 11.9. The Morgan fingerprint density at radius 1 is 0.628 bits per heavy atom. The van der Waals surface area contributed by atoms with E-state index < -0.39 is 15.9 Å². The normalized spacial score (nSPS) is 17.1. The summed E-state index contributed by atoms with van der Waals surface area (Å²) in [7, 11) is 17.5. The molecule has 43 heavy (non-hydrogen) atoms. The van der Waals surface area contributed by atoms with Gasteiger partial charge in [0.2, 0.25) is 0 Å². The molecule has 4 aromatic rings. The van der Waals surface area contributed by atoms with Gasteiger partial charge in [0, 0.05) is 0 Å². The molecule has 6 rings (SSSR count). The molecule has 0 aliphatic heterocycles. The number of halogens is 2. The fourth-order valence-electron chi connectivity index (χ4n) is 7.17. The van der Waals surface area contributed by atoms with Crippen molar-refractivity contribution in [2.45, 2.75) is 66.5 Å². The van der Waals surface area contributed by atoms with Crippen molar-refractivity contribution >= 4 is 20.2 Å². The van der Waals surface area contributed by atoms with Crippen LogP contribution in [0.2, 0.25) is 3.63 Å². The molecule has 1 unspecified atom stereocenters. The molecular formula is C40H42Cl2Zr. The third-order valence-corrected chi connectivity index (χ3v) is 29.1. The Morgan fingerprint density at radius 2 is 1.07 bits per heavy atom. The van der Waals surface area contributed by atoms with E-state index in [1.165, 1.54) is 39.0 Å². The van der Waals surface area contributed by atoms with Gasteiger partial charge in [-0.2, -0.15) is 0 Å². The molecule has 0 aromatic heterocycles. The Morgan fingerprint density at radius 3 is 1.44 bits per heavy atom. The fraction of sp³-hybridized carbons (Fsp3) is 0.275. The van der Waals surface area contributed by atoms with Crippen LogP contribution in [0.5, 0.6) is 0 Å². The molecule has 0 spiro atoms. The molecule has 0 saturated heterocycles. The number of rotatable bonds is 4. The van der Waals surface area contributed by atoms with Crippen LogP contribution in [0.25, 0.3) is 11.1 Å². The van der Waals surface area contributed by atoms with Crippen molar-refractivity contribution in [2.75, 3.05) is 0 Å². The van der Waals surface area contributed by atoms with Gasteiger partial charge in [0.1, 0.15) is 0 Å². The number of benzene rings is 4. The summed E-state index contributed by atoms with van der Waals surface area (Å²) in [5.41, 5.74) is 11.1. The monoisotopic (exact) mass is 682 g/mol. The summed E-state index contributed by atoms with van der Waals surface area (Å²) >= 11 is -5.37. The molecule has 3 heteroatoms. The summed E-state index contributed by atoms with van der Waals surface area (Å²) in [6.45, 7) is 15.9. The summed E-state index contributed by atoms with van der Waals surface area (Å²) in [5, 5.41) is 0. The molecule has 0 radical (unpaired) electrons. The van der Waals surface area contributed by atoms with Crippen molar-refractivity contribution in [3.8, 4) is 11.1 Å².